The van der Waals surface area contributed by atoms with Gasteiger partial charge in [0.05, 0.1) is 18.4 Å². The molecule has 1 aromatic carbocycles. The zero-order chi connectivity index (χ0) is 18.7. The summed E-state index contributed by atoms with van der Waals surface area (Å²) in [4.78, 5) is 28.1. The van der Waals surface area contributed by atoms with Crippen molar-refractivity contribution in [3.8, 4) is 0 Å². The van der Waals surface area contributed by atoms with Crippen LogP contribution in [0.3, 0.4) is 0 Å². The molecule has 0 saturated carbocycles. The second-order valence-corrected chi connectivity index (χ2v) is 5.92. The molecule has 6 nitrogen and oxygen atoms in total. The van der Waals surface area contributed by atoms with Gasteiger partial charge in [0.1, 0.15) is 5.65 Å². The van der Waals surface area contributed by atoms with E-state index in [0.29, 0.717) is 27.7 Å². The Hall–Kier alpha value is -3.12. The zero-order valence-electron chi connectivity index (χ0n) is 14.2. The van der Waals surface area contributed by atoms with Crippen molar-refractivity contribution >= 4 is 40.9 Å². The molecule has 0 aliphatic rings. The van der Waals surface area contributed by atoms with Gasteiger partial charge in [-0.15, -0.1) is 0 Å². The fraction of sp³-hybridized carbons (Fsp3) is 0.105. The third kappa shape index (κ3) is 3.60. The first-order valence-electron chi connectivity index (χ1n) is 7.80. The Labute approximate surface area is 155 Å². The molecule has 0 aliphatic carbocycles. The van der Waals surface area contributed by atoms with Crippen molar-refractivity contribution in [1.29, 1.82) is 0 Å². The minimum absolute atomic E-state index is 0.309. The van der Waals surface area contributed by atoms with E-state index in [0.717, 1.165) is 5.56 Å². The molecule has 2 heterocycles. The lowest BCUT2D eigenvalue weighted by Crippen LogP contribution is -2.10. The van der Waals surface area contributed by atoms with Crippen molar-refractivity contribution in [3.05, 3.63) is 70.6 Å². The maximum atomic E-state index is 12.3. The van der Waals surface area contributed by atoms with E-state index >= 15 is 0 Å². The summed E-state index contributed by atoms with van der Waals surface area (Å²) in [6.45, 7) is 1.84. The van der Waals surface area contributed by atoms with Gasteiger partial charge in [0, 0.05) is 18.0 Å². The summed E-state index contributed by atoms with van der Waals surface area (Å²) in [6.07, 6.45) is 4.78. The first-order valence-corrected chi connectivity index (χ1v) is 8.18. The van der Waals surface area contributed by atoms with Gasteiger partial charge in [0.25, 0.3) is 0 Å². The number of nitrogens with one attached hydrogen (secondary N) is 1. The molecule has 0 atom stereocenters. The molecular formula is C19H16ClN3O3. The molecule has 26 heavy (non-hydrogen) atoms. The normalized spacial score (nSPS) is 11.0. The smallest absolute Gasteiger partial charge is 0.337 e. The predicted octanol–water partition coefficient (Wildman–Crippen LogP) is 3.73. The van der Waals surface area contributed by atoms with Crippen molar-refractivity contribution in [2.45, 2.75) is 6.92 Å². The minimum Gasteiger partial charge on any atom is -0.465 e. The Bertz CT molecular complexity index is 1020. The molecule has 132 valence electrons. The molecule has 0 radical (unpaired) electrons. The van der Waals surface area contributed by atoms with Gasteiger partial charge in [-0.2, -0.15) is 0 Å². The molecule has 0 saturated heterocycles. The van der Waals surface area contributed by atoms with Gasteiger partial charge in [-0.05, 0) is 42.8 Å². The number of carbonyl (C=O) groups is 2. The molecule has 0 spiro atoms. The lowest BCUT2D eigenvalue weighted by molar-refractivity contribution is -0.111. The standard InChI is InChI=1S/C19H16ClN3O3/c1-12-6-7-13(19(25)26-2)11-14(12)21-17(24)9-8-15-18(20)22-16-5-3-4-10-23(15)16/h3-11H,1-2H3,(H,21,24)/b9-8+. The number of methoxy groups -OCH3 is 1. The van der Waals surface area contributed by atoms with Crippen molar-refractivity contribution in [2.75, 3.05) is 12.4 Å². The Kier molecular flexibility index (Phi) is 5.04. The zero-order valence-corrected chi connectivity index (χ0v) is 14.9. The monoisotopic (exact) mass is 369 g/mol. The summed E-state index contributed by atoms with van der Waals surface area (Å²) >= 11 is 6.14. The Morgan fingerprint density at radius 2 is 2.08 bits per heavy atom. The fourth-order valence-corrected chi connectivity index (χ4v) is 2.71. The lowest BCUT2D eigenvalue weighted by Gasteiger charge is -2.08. The topological polar surface area (TPSA) is 72.7 Å². The molecule has 3 aromatic rings. The second kappa shape index (κ2) is 7.41. The highest BCUT2D eigenvalue weighted by atomic mass is 35.5. The van der Waals surface area contributed by atoms with E-state index in [9.17, 15) is 9.59 Å². The van der Waals surface area contributed by atoms with Gasteiger partial charge < -0.3 is 10.1 Å². The van der Waals surface area contributed by atoms with Crippen molar-refractivity contribution in [1.82, 2.24) is 9.38 Å². The highest BCUT2D eigenvalue weighted by molar-refractivity contribution is 6.31. The Balaban J connectivity index is 1.81. The Morgan fingerprint density at radius 1 is 1.27 bits per heavy atom. The lowest BCUT2D eigenvalue weighted by atomic mass is 10.1. The summed E-state index contributed by atoms with van der Waals surface area (Å²) in [5.74, 6) is -0.814. The summed E-state index contributed by atoms with van der Waals surface area (Å²) in [7, 11) is 1.31. The van der Waals surface area contributed by atoms with Gasteiger partial charge >= 0.3 is 5.97 Å². The fourth-order valence-electron chi connectivity index (χ4n) is 2.47. The number of hydrogen-bond donors (Lipinski definition) is 1. The van der Waals surface area contributed by atoms with Crippen LogP contribution in [-0.2, 0) is 9.53 Å². The average Bonchev–Trinajstić information content (AvgIpc) is 2.96. The first kappa shape index (κ1) is 17.7. The van der Waals surface area contributed by atoms with Crippen LogP contribution in [0, 0.1) is 6.92 Å². The van der Waals surface area contributed by atoms with Crippen LogP contribution in [0.2, 0.25) is 5.15 Å². The highest BCUT2D eigenvalue weighted by Gasteiger charge is 2.10. The summed E-state index contributed by atoms with van der Waals surface area (Å²) in [5, 5.41) is 3.06. The molecular weight excluding hydrogens is 354 g/mol. The molecule has 7 heteroatoms. The number of hydrogen-bond acceptors (Lipinski definition) is 4. The third-order valence-electron chi connectivity index (χ3n) is 3.83. The van der Waals surface area contributed by atoms with E-state index in [1.54, 1.807) is 28.7 Å². The van der Waals surface area contributed by atoms with E-state index in [4.69, 9.17) is 16.3 Å². The van der Waals surface area contributed by atoms with Crippen LogP contribution in [-0.4, -0.2) is 28.4 Å². The van der Waals surface area contributed by atoms with E-state index in [1.165, 1.54) is 13.2 Å². The number of imidazole rings is 1. The van der Waals surface area contributed by atoms with Crippen LogP contribution in [0.4, 0.5) is 5.69 Å². The maximum absolute atomic E-state index is 12.3. The Morgan fingerprint density at radius 3 is 2.85 bits per heavy atom. The number of amides is 1. The third-order valence-corrected chi connectivity index (χ3v) is 4.11. The molecule has 0 bridgehead atoms. The number of pyridine rings is 1. The quantitative estimate of drug-likeness (QED) is 0.561. The largest absolute Gasteiger partial charge is 0.465 e. The van der Waals surface area contributed by atoms with E-state index in [2.05, 4.69) is 10.3 Å². The van der Waals surface area contributed by atoms with Gasteiger partial charge in [0.15, 0.2) is 5.15 Å². The van der Waals surface area contributed by atoms with Crippen LogP contribution < -0.4 is 5.32 Å². The van der Waals surface area contributed by atoms with E-state index in [-0.39, 0.29) is 5.91 Å². The number of benzene rings is 1. The van der Waals surface area contributed by atoms with Crippen LogP contribution >= 0.6 is 11.6 Å². The number of ether oxygens (including phenoxy) is 1. The number of carbonyl (C=O) groups excluding carboxylic acids is 2. The molecule has 0 fully saturated rings. The number of esters is 1. The minimum atomic E-state index is -0.464. The average molecular weight is 370 g/mol. The van der Waals surface area contributed by atoms with Crippen molar-refractivity contribution < 1.29 is 14.3 Å². The second-order valence-electron chi connectivity index (χ2n) is 5.56. The van der Waals surface area contributed by atoms with Gasteiger partial charge in [-0.1, -0.05) is 23.7 Å². The van der Waals surface area contributed by atoms with Gasteiger partial charge in [-0.3, -0.25) is 9.20 Å². The molecule has 1 N–H and O–H groups in total. The van der Waals surface area contributed by atoms with Crippen molar-refractivity contribution in [2.24, 2.45) is 0 Å². The van der Waals surface area contributed by atoms with E-state index in [1.807, 2.05) is 31.3 Å². The molecule has 0 aliphatic heterocycles. The number of fused-ring (bicyclic) bond motifs is 1. The summed E-state index contributed by atoms with van der Waals surface area (Å²) in [5.41, 5.74) is 3.03. The number of halogens is 1. The summed E-state index contributed by atoms with van der Waals surface area (Å²) < 4.78 is 6.48. The van der Waals surface area contributed by atoms with E-state index < -0.39 is 5.97 Å². The molecule has 3 rings (SSSR count). The highest BCUT2D eigenvalue weighted by Crippen LogP contribution is 2.20. The number of anilines is 1. The predicted molar refractivity (Wildman–Crippen MR) is 100 cm³/mol. The van der Waals surface area contributed by atoms with Gasteiger partial charge in [-0.25, -0.2) is 9.78 Å². The van der Waals surface area contributed by atoms with Crippen LogP contribution in [0.1, 0.15) is 21.6 Å². The first-order chi connectivity index (χ1) is 12.5. The molecule has 1 amide bonds. The maximum Gasteiger partial charge on any atom is 0.337 e. The number of rotatable bonds is 4. The van der Waals surface area contributed by atoms with Gasteiger partial charge in [0.2, 0.25) is 5.91 Å². The molecule has 0 unspecified atom stereocenters. The number of aromatic nitrogens is 2. The number of nitrogens with zero attached hydrogens (tertiary/aromatic N) is 2. The molecule has 2 aromatic heterocycles. The van der Waals surface area contributed by atoms with Crippen molar-refractivity contribution in [3.63, 3.8) is 0 Å². The number of aryl methyl sites for hydroxylation is 1. The van der Waals surface area contributed by atoms with Crippen LogP contribution in [0.25, 0.3) is 11.7 Å². The van der Waals surface area contributed by atoms with Crippen LogP contribution in [0.5, 0.6) is 0 Å². The SMILES string of the molecule is COC(=O)c1ccc(C)c(NC(=O)/C=C/c2c(Cl)nc3ccccn23)c1. The van der Waals surface area contributed by atoms with Crippen LogP contribution in [0.15, 0.2) is 48.7 Å². The summed E-state index contributed by atoms with van der Waals surface area (Å²) in [6, 6.07) is 10.5.